The molecule has 3 rings (SSSR count). The summed E-state index contributed by atoms with van der Waals surface area (Å²) in [6.45, 7) is 2.15. The predicted octanol–water partition coefficient (Wildman–Crippen LogP) is 1.42. The van der Waals surface area contributed by atoms with Gasteiger partial charge < -0.3 is 14.1 Å². The molecule has 126 valence electrons. The van der Waals surface area contributed by atoms with Crippen molar-refractivity contribution in [2.45, 2.75) is 6.92 Å². The van der Waals surface area contributed by atoms with E-state index in [4.69, 9.17) is 8.92 Å². The number of hydrogen-bond acceptors (Lipinski definition) is 8. The molecule has 0 saturated carbocycles. The summed E-state index contributed by atoms with van der Waals surface area (Å²) in [5.74, 6) is 1.06. The van der Waals surface area contributed by atoms with Gasteiger partial charge in [-0.3, -0.25) is 0 Å². The molecule has 0 bridgehead atoms. The summed E-state index contributed by atoms with van der Waals surface area (Å²) in [5.41, 5.74) is 0.947. The molecule has 10 heteroatoms. The van der Waals surface area contributed by atoms with E-state index in [1.165, 1.54) is 24.7 Å². The first kappa shape index (κ1) is 16.0. The van der Waals surface area contributed by atoms with Gasteiger partial charge >= 0.3 is 10.1 Å². The molecule has 0 aromatic heterocycles. The molecule has 1 aromatic rings. The fraction of sp³-hybridized carbons (Fsp3) is 0.214. The first-order chi connectivity index (χ1) is 11.4. The molecule has 24 heavy (non-hydrogen) atoms. The second-order valence-corrected chi connectivity index (χ2v) is 6.45. The van der Waals surface area contributed by atoms with E-state index in [0.29, 0.717) is 29.4 Å². The predicted molar refractivity (Wildman–Crippen MR) is 83.7 cm³/mol. The summed E-state index contributed by atoms with van der Waals surface area (Å²) in [4.78, 5) is 12.4. The maximum absolute atomic E-state index is 11.3. The number of nitrogens with zero attached hydrogens (tertiary/aromatic N) is 4. The summed E-state index contributed by atoms with van der Waals surface area (Å²) in [6.07, 6.45) is 3.63. The fourth-order valence-electron chi connectivity index (χ4n) is 2.13. The number of fused-ring (bicyclic) bond motifs is 1. The average Bonchev–Trinajstić information content (AvgIpc) is 2.91. The quantitative estimate of drug-likeness (QED) is 0.542. The van der Waals surface area contributed by atoms with Gasteiger partial charge in [0.1, 0.15) is 23.5 Å². The zero-order valence-corrected chi connectivity index (χ0v) is 13.7. The number of hydrogen-bond donors (Lipinski definition) is 1. The van der Waals surface area contributed by atoms with Crippen LogP contribution < -0.4 is 8.92 Å². The van der Waals surface area contributed by atoms with Crippen LogP contribution in [0.15, 0.2) is 30.7 Å². The highest BCUT2D eigenvalue weighted by molar-refractivity contribution is 7.86. The van der Waals surface area contributed by atoms with E-state index in [9.17, 15) is 13.6 Å². The molecule has 0 unspecified atom stereocenters. The van der Waals surface area contributed by atoms with Crippen LogP contribution in [-0.2, 0) is 10.1 Å². The highest BCUT2D eigenvalue weighted by atomic mass is 32.2. The molecular formula is C14H14N4O5S. The van der Waals surface area contributed by atoms with Crippen molar-refractivity contribution in [1.29, 1.82) is 0 Å². The standard InChI is InChI=1S/C14H14N4O5S/c1-3-22-12-6-9(23-24(2,20)21)4-5-10(12)13-16-11-7-15-8-18(19)14(11)17-13/h4-8,19H,3H2,1-2H3. The highest BCUT2D eigenvalue weighted by Gasteiger charge is 2.19. The SMILES string of the molecule is CCOc1cc(OS(C)(=O)=O)ccc1-c1nc2cncn(O)c-2n1. The van der Waals surface area contributed by atoms with Crippen LogP contribution in [0.5, 0.6) is 11.5 Å². The van der Waals surface area contributed by atoms with Gasteiger partial charge in [-0.1, -0.05) is 0 Å². The van der Waals surface area contributed by atoms with Gasteiger partial charge in [0.25, 0.3) is 0 Å². The Morgan fingerprint density at radius 2 is 2.08 bits per heavy atom. The van der Waals surface area contributed by atoms with E-state index < -0.39 is 10.1 Å². The minimum Gasteiger partial charge on any atom is -0.493 e. The van der Waals surface area contributed by atoms with Crippen molar-refractivity contribution >= 4 is 10.1 Å². The Labute approximate surface area is 138 Å². The third-order valence-corrected chi connectivity index (χ3v) is 3.49. The maximum atomic E-state index is 11.3. The zero-order valence-electron chi connectivity index (χ0n) is 12.9. The van der Waals surface area contributed by atoms with Gasteiger partial charge in [-0.15, -0.1) is 0 Å². The lowest BCUT2D eigenvalue weighted by molar-refractivity contribution is 0.183. The van der Waals surface area contributed by atoms with Gasteiger partial charge in [-0.2, -0.15) is 13.1 Å². The van der Waals surface area contributed by atoms with Crippen molar-refractivity contribution in [2.75, 3.05) is 12.9 Å². The molecule has 0 amide bonds. The van der Waals surface area contributed by atoms with Crippen LogP contribution >= 0.6 is 0 Å². The van der Waals surface area contributed by atoms with E-state index in [1.54, 1.807) is 13.0 Å². The Bertz CT molecular complexity index is 954. The topological polar surface area (TPSA) is 116 Å². The molecule has 0 saturated heterocycles. The Morgan fingerprint density at radius 3 is 2.75 bits per heavy atom. The summed E-state index contributed by atoms with van der Waals surface area (Å²) in [5, 5.41) is 9.71. The number of ether oxygens (including phenoxy) is 1. The van der Waals surface area contributed by atoms with Crippen LogP contribution in [0.2, 0.25) is 0 Å². The fourth-order valence-corrected chi connectivity index (χ4v) is 2.59. The maximum Gasteiger partial charge on any atom is 0.306 e. The lowest BCUT2D eigenvalue weighted by atomic mass is 10.2. The molecule has 9 nitrogen and oxygen atoms in total. The van der Waals surface area contributed by atoms with Crippen molar-refractivity contribution in [3.63, 3.8) is 0 Å². The Hall–Kier alpha value is -2.88. The van der Waals surface area contributed by atoms with Crippen molar-refractivity contribution < 1.29 is 22.5 Å². The summed E-state index contributed by atoms with van der Waals surface area (Å²) in [7, 11) is -3.64. The molecular weight excluding hydrogens is 336 g/mol. The lowest BCUT2D eigenvalue weighted by Crippen LogP contribution is -2.06. The summed E-state index contributed by atoms with van der Waals surface area (Å²) < 4.78 is 33.7. The van der Waals surface area contributed by atoms with Crippen LogP contribution in [0.4, 0.5) is 0 Å². The molecule has 0 fully saturated rings. The highest BCUT2D eigenvalue weighted by Crippen LogP contribution is 2.34. The lowest BCUT2D eigenvalue weighted by Gasteiger charge is -2.10. The Balaban J connectivity index is 2.09. The third kappa shape index (κ3) is 3.23. The molecule has 2 aliphatic rings. The number of aromatic nitrogens is 4. The largest absolute Gasteiger partial charge is 0.493 e. The first-order valence-corrected chi connectivity index (χ1v) is 8.75. The normalized spacial score (nSPS) is 11.6. The minimum absolute atomic E-state index is 0.125. The molecule has 2 aliphatic heterocycles. The van der Waals surface area contributed by atoms with E-state index in [0.717, 1.165) is 11.0 Å². The zero-order chi connectivity index (χ0) is 17.3. The van der Waals surface area contributed by atoms with Crippen LogP contribution in [-0.4, -0.2) is 46.2 Å². The van der Waals surface area contributed by atoms with Gasteiger partial charge in [0.2, 0.25) is 0 Å². The van der Waals surface area contributed by atoms with Gasteiger partial charge in [0.05, 0.1) is 24.6 Å². The average molecular weight is 350 g/mol. The second-order valence-electron chi connectivity index (χ2n) is 4.87. The minimum atomic E-state index is -3.64. The second kappa shape index (κ2) is 5.96. The van der Waals surface area contributed by atoms with Crippen molar-refractivity contribution in [2.24, 2.45) is 0 Å². The molecule has 2 heterocycles. The van der Waals surface area contributed by atoms with Crippen LogP contribution in [0.1, 0.15) is 6.92 Å². The number of imidazole rings is 1. The molecule has 1 N–H and O–H groups in total. The Kier molecular flexibility index (Phi) is 3.97. The van der Waals surface area contributed by atoms with E-state index in [1.807, 2.05) is 0 Å². The van der Waals surface area contributed by atoms with Crippen molar-refractivity contribution in [3.8, 4) is 34.4 Å². The monoisotopic (exact) mass is 350 g/mol. The van der Waals surface area contributed by atoms with Crippen LogP contribution in [0, 0.1) is 0 Å². The van der Waals surface area contributed by atoms with Crippen LogP contribution in [0.3, 0.4) is 0 Å². The van der Waals surface area contributed by atoms with Gasteiger partial charge in [0.15, 0.2) is 11.6 Å². The molecule has 0 atom stereocenters. The third-order valence-electron chi connectivity index (χ3n) is 3.00. The Morgan fingerprint density at radius 1 is 1.29 bits per heavy atom. The van der Waals surface area contributed by atoms with Crippen molar-refractivity contribution in [3.05, 3.63) is 30.7 Å². The number of rotatable bonds is 5. The first-order valence-electron chi connectivity index (χ1n) is 6.93. The molecule has 1 aromatic carbocycles. The smallest absolute Gasteiger partial charge is 0.306 e. The van der Waals surface area contributed by atoms with Gasteiger partial charge in [-0.25, -0.2) is 15.0 Å². The van der Waals surface area contributed by atoms with Crippen LogP contribution in [0.25, 0.3) is 22.9 Å². The van der Waals surface area contributed by atoms with E-state index in [2.05, 4.69) is 15.0 Å². The van der Waals surface area contributed by atoms with Gasteiger partial charge in [-0.05, 0) is 19.1 Å². The van der Waals surface area contributed by atoms with E-state index >= 15 is 0 Å². The molecule has 0 spiro atoms. The van der Waals surface area contributed by atoms with E-state index in [-0.39, 0.29) is 11.6 Å². The van der Waals surface area contributed by atoms with Gasteiger partial charge in [0, 0.05) is 6.07 Å². The summed E-state index contributed by atoms with van der Waals surface area (Å²) >= 11 is 0. The molecule has 0 radical (unpaired) electrons. The summed E-state index contributed by atoms with van der Waals surface area (Å²) in [6, 6.07) is 4.52. The number of benzene rings is 1. The molecule has 0 aliphatic carbocycles. The van der Waals surface area contributed by atoms with Crippen molar-refractivity contribution in [1.82, 2.24) is 19.7 Å².